The molecule has 0 atom stereocenters. The average molecular weight is 513 g/mol. The molecule has 5 rings (SSSR count). The summed E-state index contributed by atoms with van der Waals surface area (Å²) in [5.74, 6) is -0.0948. The predicted molar refractivity (Wildman–Crippen MR) is 143 cm³/mol. The number of aromatic nitrogens is 3. The first kappa shape index (κ1) is 25.0. The highest BCUT2D eigenvalue weighted by Gasteiger charge is 2.22. The Hall–Kier alpha value is -4.66. The smallest absolute Gasteiger partial charge is 0.355 e. The summed E-state index contributed by atoms with van der Waals surface area (Å²) in [5.41, 5.74) is 1.21. The third-order valence-corrected chi connectivity index (χ3v) is 6.57. The van der Waals surface area contributed by atoms with Crippen LogP contribution in [0.25, 0.3) is 5.69 Å². The van der Waals surface area contributed by atoms with Crippen LogP contribution in [0.5, 0.6) is 5.75 Å². The lowest BCUT2D eigenvalue weighted by atomic mass is 10.1. The lowest BCUT2D eigenvalue weighted by Gasteiger charge is -2.29. The maximum absolute atomic E-state index is 13.7. The summed E-state index contributed by atoms with van der Waals surface area (Å²) in [6.07, 6.45) is 2.96. The van der Waals surface area contributed by atoms with E-state index in [1.807, 2.05) is 59.5 Å². The molecule has 1 aromatic heterocycles. The number of hydrogen-bond donors (Lipinski definition) is 1. The van der Waals surface area contributed by atoms with Crippen LogP contribution < -0.4 is 21.0 Å². The van der Waals surface area contributed by atoms with E-state index in [1.165, 1.54) is 16.7 Å². The van der Waals surface area contributed by atoms with Gasteiger partial charge in [0.2, 0.25) is 5.95 Å². The molecule has 4 aromatic rings. The Morgan fingerprint density at radius 1 is 0.842 bits per heavy atom. The van der Waals surface area contributed by atoms with Crippen LogP contribution in [0.15, 0.2) is 88.5 Å². The van der Waals surface area contributed by atoms with Gasteiger partial charge >= 0.3 is 17.3 Å². The minimum absolute atomic E-state index is 0.0388. The van der Waals surface area contributed by atoms with Crippen LogP contribution in [0.3, 0.4) is 0 Å². The third-order valence-electron chi connectivity index (χ3n) is 6.57. The number of nitrogens with zero attached hydrogens (tertiary/aromatic N) is 4. The van der Waals surface area contributed by atoms with Crippen LogP contribution >= 0.6 is 0 Å². The second-order valence-electron chi connectivity index (χ2n) is 9.22. The lowest BCUT2D eigenvalue weighted by molar-refractivity contribution is 0.0697. The number of carboxylic acids is 1. The van der Waals surface area contributed by atoms with Crippen molar-refractivity contribution in [1.82, 2.24) is 14.1 Å². The van der Waals surface area contributed by atoms with E-state index in [0.717, 1.165) is 35.0 Å². The van der Waals surface area contributed by atoms with Gasteiger partial charge < -0.3 is 14.7 Å². The first-order chi connectivity index (χ1) is 18.5. The maximum Gasteiger partial charge on any atom is 0.355 e. The van der Waals surface area contributed by atoms with Gasteiger partial charge in [-0.3, -0.25) is 0 Å². The summed E-state index contributed by atoms with van der Waals surface area (Å²) < 4.78 is 8.33. The molecule has 0 bridgehead atoms. The van der Waals surface area contributed by atoms with Gasteiger partial charge in [-0.25, -0.2) is 23.5 Å². The van der Waals surface area contributed by atoms with Gasteiger partial charge in [0.25, 0.3) is 0 Å². The molecule has 0 spiro atoms. The number of hydrogen-bond acceptors (Lipinski definition) is 6. The highest BCUT2D eigenvalue weighted by Crippen LogP contribution is 2.20. The molecule has 0 aliphatic carbocycles. The minimum Gasteiger partial charge on any atom is -0.489 e. The highest BCUT2D eigenvalue weighted by molar-refractivity contribution is 5.87. The number of piperidine rings is 1. The predicted octanol–water partition coefficient (Wildman–Crippen LogP) is 3.71. The van der Waals surface area contributed by atoms with Crippen molar-refractivity contribution in [3.8, 4) is 11.4 Å². The number of carboxylic acid groups (broad SMARTS) is 1. The molecule has 1 aliphatic rings. The molecule has 2 heterocycles. The van der Waals surface area contributed by atoms with E-state index in [2.05, 4.69) is 4.98 Å². The molecule has 0 unspecified atom stereocenters. The molecule has 194 valence electrons. The SMILES string of the molecule is O=C(O)c1ccc(-n2c(N3CCCCC3)nc(=O)n(Cc3ccc(OCc4ccccc4)cc3)c2=O)cc1. The molecule has 0 amide bonds. The normalized spacial score (nSPS) is 13.3. The zero-order valence-corrected chi connectivity index (χ0v) is 20.8. The quantitative estimate of drug-likeness (QED) is 0.384. The van der Waals surface area contributed by atoms with E-state index in [1.54, 1.807) is 12.1 Å². The number of aromatic carboxylic acids is 1. The molecular formula is C29H28N4O5. The summed E-state index contributed by atoms with van der Waals surface area (Å²) in [6, 6.07) is 23.1. The minimum atomic E-state index is -1.06. The third kappa shape index (κ3) is 5.51. The van der Waals surface area contributed by atoms with Gasteiger partial charge in [-0.15, -0.1) is 0 Å². The number of carbonyl (C=O) groups is 1. The molecule has 1 fully saturated rings. The van der Waals surface area contributed by atoms with Crippen LogP contribution in [0, 0.1) is 0 Å². The molecule has 1 saturated heterocycles. The molecule has 38 heavy (non-hydrogen) atoms. The number of ether oxygens (including phenoxy) is 1. The molecule has 3 aromatic carbocycles. The van der Waals surface area contributed by atoms with Crippen molar-refractivity contribution >= 4 is 11.9 Å². The first-order valence-electron chi connectivity index (χ1n) is 12.6. The van der Waals surface area contributed by atoms with Gasteiger partial charge in [-0.2, -0.15) is 4.98 Å². The molecular weight excluding hydrogens is 484 g/mol. The Morgan fingerprint density at radius 3 is 2.18 bits per heavy atom. The van der Waals surface area contributed by atoms with Crippen molar-refractivity contribution in [2.24, 2.45) is 0 Å². The molecule has 0 saturated carbocycles. The van der Waals surface area contributed by atoms with Crippen molar-refractivity contribution in [2.75, 3.05) is 18.0 Å². The van der Waals surface area contributed by atoms with E-state index in [0.29, 0.717) is 31.1 Å². The van der Waals surface area contributed by atoms with E-state index in [4.69, 9.17) is 4.74 Å². The summed E-state index contributed by atoms with van der Waals surface area (Å²) in [7, 11) is 0. The van der Waals surface area contributed by atoms with Crippen LogP contribution in [-0.4, -0.2) is 38.3 Å². The van der Waals surface area contributed by atoms with Crippen molar-refractivity contribution in [1.29, 1.82) is 0 Å². The summed E-state index contributed by atoms with van der Waals surface area (Å²) in [6.45, 7) is 1.85. The van der Waals surface area contributed by atoms with Crippen LogP contribution in [0.4, 0.5) is 5.95 Å². The van der Waals surface area contributed by atoms with Gasteiger partial charge in [0.1, 0.15) is 12.4 Å². The van der Waals surface area contributed by atoms with Crippen molar-refractivity contribution < 1.29 is 14.6 Å². The Morgan fingerprint density at radius 2 is 1.53 bits per heavy atom. The summed E-state index contributed by atoms with van der Waals surface area (Å²) in [5, 5.41) is 9.27. The lowest BCUT2D eigenvalue weighted by Crippen LogP contribution is -2.45. The van der Waals surface area contributed by atoms with E-state index in [-0.39, 0.29) is 18.1 Å². The summed E-state index contributed by atoms with van der Waals surface area (Å²) >= 11 is 0. The van der Waals surface area contributed by atoms with Crippen LogP contribution in [0.2, 0.25) is 0 Å². The van der Waals surface area contributed by atoms with Crippen LogP contribution in [-0.2, 0) is 13.2 Å². The van der Waals surface area contributed by atoms with E-state index < -0.39 is 17.3 Å². The monoisotopic (exact) mass is 512 g/mol. The van der Waals surface area contributed by atoms with E-state index in [9.17, 15) is 19.5 Å². The van der Waals surface area contributed by atoms with Crippen molar-refractivity contribution in [3.05, 3.63) is 117 Å². The highest BCUT2D eigenvalue weighted by atomic mass is 16.5. The Labute approximate surface area is 219 Å². The number of anilines is 1. The van der Waals surface area contributed by atoms with Gasteiger partial charge in [-0.05, 0) is 66.8 Å². The molecule has 0 radical (unpaired) electrons. The Bertz CT molecular complexity index is 1520. The van der Waals surface area contributed by atoms with Crippen molar-refractivity contribution in [3.63, 3.8) is 0 Å². The molecule has 9 nitrogen and oxygen atoms in total. The largest absolute Gasteiger partial charge is 0.489 e. The summed E-state index contributed by atoms with van der Waals surface area (Å²) in [4.78, 5) is 44.4. The average Bonchev–Trinajstić information content (AvgIpc) is 2.95. The standard InChI is InChI=1S/C29H28N4O5/c34-26(35)23-11-13-24(14-12-23)33-27(31-17-5-2-6-18-31)30-28(36)32(29(33)37)19-21-9-15-25(16-10-21)38-20-22-7-3-1-4-8-22/h1,3-4,7-16H,2,5-6,17-20H2,(H,34,35). The Kier molecular flexibility index (Phi) is 7.35. The fourth-order valence-corrected chi connectivity index (χ4v) is 4.52. The molecule has 1 aliphatic heterocycles. The van der Waals surface area contributed by atoms with Crippen LogP contribution in [0.1, 0.15) is 40.7 Å². The second-order valence-corrected chi connectivity index (χ2v) is 9.22. The van der Waals surface area contributed by atoms with E-state index >= 15 is 0 Å². The second kappa shape index (κ2) is 11.2. The topological polar surface area (TPSA) is 107 Å². The fourth-order valence-electron chi connectivity index (χ4n) is 4.52. The van der Waals surface area contributed by atoms with Crippen molar-refractivity contribution in [2.45, 2.75) is 32.4 Å². The molecule has 1 N–H and O–H groups in total. The fraction of sp³-hybridized carbons (Fsp3) is 0.241. The van der Waals surface area contributed by atoms with Gasteiger partial charge in [0.05, 0.1) is 17.8 Å². The van der Waals surface area contributed by atoms with Gasteiger partial charge in [0.15, 0.2) is 0 Å². The number of benzene rings is 3. The number of rotatable bonds is 8. The first-order valence-corrected chi connectivity index (χ1v) is 12.6. The zero-order valence-electron chi connectivity index (χ0n) is 20.8. The zero-order chi connectivity index (χ0) is 26.5. The van der Waals surface area contributed by atoms with Gasteiger partial charge in [-0.1, -0.05) is 42.5 Å². The van der Waals surface area contributed by atoms with Gasteiger partial charge in [0, 0.05) is 13.1 Å². The Balaban J connectivity index is 1.45. The molecule has 9 heteroatoms. The maximum atomic E-state index is 13.7.